The second kappa shape index (κ2) is 10.2. The Bertz CT molecular complexity index is 468. The monoisotopic (exact) mass is 326 g/mol. The summed E-state index contributed by atoms with van der Waals surface area (Å²) in [5, 5.41) is 0.583. The molecule has 122 valence electrons. The van der Waals surface area contributed by atoms with Gasteiger partial charge < -0.3 is 9.47 Å². The molecule has 5 heteroatoms. The van der Waals surface area contributed by atoms with Gasteiger partial charge in [0.1, 0.15) is 5.75 Å². The summed E-state index contributed by atoms with van der Waals surface area (Å²) in [6.07, 6.45) is 2.76. The van der Waals surface area contributed by atoms with Crippen LogP contribution < -0.4 is 4.74 Å². The molecular weight excluding hydrogens is 304 g/mol. The molecule has 0 amide bonds. The van der Waals surface area contributed by atoms with Crippen molar-refractivity contribution < 1.29 is 19.1 Å². The van der Waals surface area contributed by atoms with Gasteiger partial charge in [-0.15, -0.1) is 0 Å². The fourth-order valence-electron chi connectivity index (χ4n) is 1.81. The number of esters is 2. The van der Waals surface area contributed by atoms with E-state index in [1.165, 1.54) is 0 Å². The second-order valence-corrected chi connectivity index (χ2v) is 5.97. The van der Waals surface area contributed by atoms with Crippen molar-refractivity contribution in [3.05, 3.63) is 29.3 Å². The van der Waals surface area contributed by atoms with Gasteiger partial charge in [-0.05, 0) is 49.4 Å². The van der Waals surface area contributed by atoms with Gasteiger partial charge in [-0.1, -0.05) is 25.4 Å². The molecule has 0 heterocycles. The van der Waals surface area contributed by atoms with Gasteiger partial charge in [-0.25, -0.2) is 0 Å². The van der Waals surface area contributed by atoms with Crippen LogP contribution in [-0.4, -0.2) is 18.5 Å². The number of benzene rings is 1. The van der Waals surface area contributed by atoms with Crippen LogP contribution in [0.2, 0.25) is 5.02 Å². The summed E-state index contributed by atoms with van der Waals surface area (Å²) in [6.45, 7) is 4.72. The van der Waals surface area contributed by atoms with Gasteiger partial charge in [0.15, 0.2) is 0 Å². The van der Waals surface area contributed by atoms with Crippen molar-refractivity contribution in [1.29, 1.82) is 0 Å². The smallest absolute Gasteiger partial charge is 0.311 e. The van der Waals surface area contributed by atoms with Gasteiger partial charge in [-0.3, -0.25) is 9.59 Å². The van der Waals surface area contributed by atoms with Crippen LogP contribution in [0.5, 0.6) is 5.75 Å². The first-order valence-corrected chi connectivity index (χ1v) is 7.97. The summed E-state index contributed by atoms with van der Waals surface area (Å²) in [5.74, 6) is 0.435. The van der Waals surface area contributed by atoms with Crippen molar-refractivity contribution in [2.45, 2.75) is 46.0 Å². The zero-order chi connectivity index (χ0) is 16.4. The Balaban J connectivity index is 2.11. The van der Waals surface area contributed by atoms with Gasteiger partial charge in [0, 0.05) is 17.9 Å². The largest absolute Gasteiger partial charge is 0.466 e. The third-order valence-electron chi connectivity index (χ3n) is 3.00. The summed E-state index contributed by atoms with van der Waals surface area (Å²) in [6, 6.07) is 6.56. The van der Waals surface area contributed by atoms with Gasteiger partial charge in [0.2, 0.25) is 0 Å². The van der Waals surface area contributed by atoms with Crippen LogP contribution in [0.15, 0.2) is 24.3 Å². The molecule has 0 saturated carbocycles. The maximum absolute atomic E-state index is 11.6. The van der Waals surface area contributed by atoms with Gasteiger partial charge >= 0.3 is 11.9 Å². The summed E-state index contributed by atoms with van der Waals surface area (Å²) in [7, 11) is 0. The zero-order valence-corrected chi connectivity index (χ0v) is 13.9. The van der Waals surface area contributed by atoms with E-state index in [1.54, 1.807) is 24.3 Å². The molecule has 0 aliphatic rings. The quantitative estimate of drug-likeness (QED) is 0.383. The van der Waals surface area contributed by atoms with Crippen molar-refractivity contribution in [3.8, 4) is 5.75 Å². The molecule has 0 radical (unpaired) electrons. The second-order valence-electron chi connectivity index (χ2n) is 5.54. The van der Waals surface area contributed by atoms with E-state index in [1.807, 2.05) is 0 Å². The van der Waals surface area contributed by atoms with Crippen molar-refractivity contribution in [3.63, 3.8) is 0 Å². The highest BCUT2D eigenvalue weighted by Crippen LogP contribution is 2.16. The molecule has 0 bridgehead atoms. The fraction of sp³-hybridized carbons (Fsp3) is 0.529. The SMILES string of the molecule is CC(C)CCCOC(=O)CCCC(=O)Oc1ccc(Cl)cc1. The highest BCUT2D eigenvalue weighted by Gasteiger charge is 2.08. The average molecular weight is 327 g/mol. The van der Waals surface area contributed by atoms with E-state index in [2.05, 4.69) is 13.8 Å². The van der Waals surface area contributed by atoms with Crippen molar-refractivity contribution in [1.82, 2.24) is 0 Å². The molecule has 0 N–H and O–H groups in total. The minimum atomic E-state index is -0.366. The predicted octanol–water partition coefficient (Wildman–Crippen LogP) is 4.40. The number of halogens is 1. The first-order valence-electron chi connectivity index (χ1n) is 7.59. The number of ether oxygens (including phenoxy) is 2. The van der Waals surface area contributed by atoms with Crippen molar-refractivity contribution >= 4 is 23.5 Å². The fourth-order valence-corrected chi connectivity index (χ4v) is 1.94. The Morgan fingerprint density at radius 2 is 1.68 bits per heavy atom. The molecule has 0 saturated heterocycles. The molecule has 0 spiro atoms. The normalized spacial score (nSPS) is 10.5. The number of carbonyl (C=O) groups is 2. The Morgan fingerprint density at radius 1 is 1.05 bits per heavy atom. The first kappa shape index (κ1) is 18.5. The highest BCUT2D eigenvalue weighted by molar-refractivity contribution is 6.30. The van der Waals surface area contributed by atoms with E-state index < -0.39 is 0 Å². The minimum Gasteiger partial charge on any atom is -0.466 e. The third-order valence-corrected chi connectivity index (χ3v) is 3.25. The molecule has 1 aromatic carbocycles. The first-order chi connectivity index (χ1) is 10.5. The molecular formula is C17H23ClO4. The lowest BCUT2D eigenvalue weighted by Crippen LogP contribution is -2.10. The molecule has 0 aromatic heterocycles. The summed E-state index contributed by atoms with van der Waals surface area (Å²) < 4.78 is 10.2. The van der Waals surface area contributed by atoms with Crippen molar-refractivity contribution in [2.24, 2.45) is 5.92 Å². The van der Waals surface area contributed by atoms with E-state index in [0.717, 1.165) is 12.8 Å². The number of carbonyl (C=O) groups excluding carboxylic acids is 2. The zero-order valence-electron chi connectivity index (χ0n) is 13.1. The molecule has 0 atom stereocenters. The van der Waals surface area contributed by atoms with Crippen LogP contribution in [0.4, 0.5) is 0 Å². The Morgan fingerprint density at radius 3 is 2.32 bits per heavy atom. The van der Waals surface area contributed by atoms with E-state index in [9.17, 15) is 9.59 Å². The summed E-state index contributed by atoms with van der Waals surface area (Å²) >= 11 is 5.74. The van der Waals surface area contributed by atoms with E-state index in [4.69, 9.17) is 21.1 Å². The van der Waals surface area contributed by atoms with E-state index in [0.29, 0.717) is 29.7 Å². The molecule has 0 aliphatic heterocycles. The topological polar surface area (TPSA) is 52.6 Å². The maximum atomic E-state index is 11.6. The van der Waals surface area contributed by atoms with E-state index in [-0.39, 0.29) is 24.8 Å². The summed E-state index contributed by atoms with van der Waals surface area (Å²) in [5.41, 5.74) is 0. The molecule has 0 fully saturated rings. The van der Waals surface area contributed by atoms with Crippen LogP contribution in [0, 0.1) is 5.92 Å². The molecule has 0 aliphatic carbocycles. The lowest BCUT2D eigenvalue weighted by Gasteiger charge is -2.07. The van der Waals surface area contributed by atoms with Crippen molar-refractivity contribution in [2.75, 3.05) is 6.61 Å². The lowest BCUT2D eigenvalue weighted by molar-refractivity contribution is -0.144. The van der Waals surface area contributed by atoms with Crippen LogP contribution in [0.3, 0.4) is 0 Å². The van der Waals surface area contributed by atoms with Crippen LogP contribution in [0.25, 0.3) is 0 Å². The molecule has 0 unspecified atom stereocenters. The maximum Gasteiger partial charge on any atom is 0.311 e. The minimum absolute atomic E-state index is 0.184. The average Bonchev–Trinajstić information content (AvgIpc) is 2.46. The molecule has 1 rings (SSSR count). The molecule has 1 aromatic rings. The Labute approximate surface area is 136 Å². The molecule has 22 heavy (non-hydrogen) atoms. The van der Waals surface area contributed by atoms with Gasteiger partial charge in [0.05, 0.1) is 6.61 Å². The number of hydrogen-bond donors (Lipinski definition) is 0. The van der Waals surface area contributed by atoms with Crippen LogP contribution in [0.1, 0.15) is 46.0 Å². The number of rotatable bonds is 9. The van der Waals surface area contributed by atoms with Gasteiger partial charge in [-0.2, -0.15) is 0 Å². The standard InChI is InChI=1S/C17H23ClO4/c1-13(2)5-4-12-21-16(19)6-3-7-17(20)22-15-10-8-14(18)9-11-15/h8-11,13H,3-7,12H2,1-2H3. The third kappa shape index (κ3) is 8.67. The molecule has 4 nitrogen and oxygen atoms in total. The number of hydrogen-bond acceptors (Lipinski definition) is 4. The van der Waals surface area contributed by atoms with Crippen LogP contribution in [-0.2, 0) is 14.3 Å². The van der Waals surface area contributed by atoms with Gasteiger partial charge in [0.25, 0.3) is 0 Å². The lowest BCUT2D eigenvalue weighted by atomic mass is 10.1. The van der Waals surface area contributed by atoms with Crippen LogP contribution >= 0.6 is 11.6 Å². The highest BCUT2D eigenvalue weighted by atomic mass is 35.5. The van der Waals surface area contributed by atoms with E-state index >= 15 is 0 Å². The predicted molar refractivity (Wildman–Crippen MR) is 86.0 cm³/mol. The summed E-state index contributed by atoms with van der Waals surface area (Å²) in [4.78, 5) is 23.1. The Kier molecular flexibility index (Phi) is 8.60. The Hall–Kier alpha value is -1.55.